The van der Waals surface area contributed by atoms with Crippen LogP contribution in [0.25, 0.3) is 0 Å². The molecule has 0 spiro atoms. The second-order valence-corrected chi connectivity index (χ2v) is 7.44. The van der Waals surface area contributed by atoms with Crippen LogP contribution in [-0.4, -0.2) is 31.6 Å². The van der Waals surface area contributed by atoms with Crippen LogP contribution in [0, 0.1) is 17.2 Å². The summed E-state index contributed by atoms with van der Waals surface area (Å²) < 4.78 is 30.4. The van der Waals surface area contributed by atoms with Crippen LogP contribution in [0.2, 0.25) is 0 Å². The van der Waals surface area contributed by atoms with Gasteiger partial charge in [0.2, 0.25) is 0 Å². The van der Waals surface area contributed by atoms with Crippen molar-refractivity contribution in [3.8, 4) is 6.07 Å². The summed E-state index contributed by atoms with van der Waals surface area (Å²) in [6.45, 7) is 2.34. The molecule has 96 valence electrons. The molecule has 2 aliphatic rings. The van der Waals surface area contributed by atoms with Crippen molar-refractivity contribution in [2.24, 2.45) is 5.92 Å². The summed E-state index contributed by atoms with van der Waals surface area (Å²) in [5.74, 6) is -0.318. The molecule has 0 aromatic carbocycles. The fourth-order valence-corrected chi connectivity index (χ4v) is 5.64. The Kier molecular flexibility index (Phi) is 3.74. The molecule has 0 N–H and O–H groups in total. The largest absolute Gasteiger partial charge is 0.377 e. The molecule has 1 aliphatic heterocycles. The fraction of sp³-hybridized carbons (Fsp3) is 0.917. The van der Waals surface area contributed by atoms with Crippen molar-refractivity contribution in [2.45, 2.75) is 55.6 Å². The lowest BCUT2D eigenvalue weighted by Gasteiger charge is -2.29. The normalized spacial score (nSPS) is 38.8. The molecule has 4 nitrogen and oxygen atoms in total. The highest BCUT2D eigenvalue weighted by Crippen LogP contribution is 2.34. The van der Waals surface area contributed by atoms with Gasteiger partial charge in [0, 0.05) is 6.61 Å². The van der Waals surface area contributed by atoms with Crippen molar-refractivity contribution < 1.29 is 13.2 Å². The lowest BCUT2D eigenvalue weighted by molar-refractivity contribution is 0.126. The number of nitrogens with zero attached hydrogens (tertiary/aromatic N) is 1. The van der Waals surface area contributed by atoms with E-state index in [-0.39, 0.29) is 12.0 Å². The second kappa shape index (κ2) is 4.95. The lowest BCUT2D eigenvalue weighted by atomic mass is 9.90. The zero-order chi connectivity index (χ0) is 12.5. The van der Waals surface area contributed by atoms with Crippen LogP contribution in [0.5, 0.6) is 0 Å². The highest BCUT2D eigenvalue weighted by Gasteiger charge is 2.44. The zero-order valence-electron chi connectivity index (χ0n) is 10.1. The molecule has 0 aromatic heterocycles. The third-order valence-electron chi connectivity index (χ3n) is 4.02. The predicted molar refractivity (Wildman–Crippen MR) is 64.1 cm³/mol. The van der Waals surface area contributed by atoms with Gasteiger partial charge in [-0.15, -0.1) is 0 Å². The minimum atomic E-state index is -3.22. The minimum absolute atomic E-state index is 0.221. The third-order valence-corrected chi connectivity index (χ3v) is 6.89. The molecule has 0 bridgehead atoms. The summed E-state index contributed by atoms with van der Waals surface area (Å²) in [6.07, 6.45) is 3.62. The van der Waals surface area contributed by atoms with Crippen molar-refractivity contribution >= 4 is 9.84 Å². The van der Waals surface area contributed by atoms with E-state index in [0.717, 1.165) is 19.3 Å². The Morgan fingerprint density at radius 1 is 1.18 bits per heavy atom. The SMILES string of the molecule is CC1OCCC1S(=O)(=O)C1CCCCC1C#N. The molecular weight excluding hydrogens is 238 g/mol. The van der Waals surface area contributed by atoms with Crippen molar-refractivity contribution in [3.63, 3.8) is 0 Å². The summed E-state index contributed by atoms with van der Waals surface area (Å²) in [4.78, 5) is 0. The van der Waals surface area contributed by atoms with Crippen LogP contribution in [0.4, 0.5) is 0 Å². The van der Waals surface area contributed by atoms with E-state index in [4.69, 9.17) is 10.00 Å². The average molecular weight is 257 g/mol. The van der Waals surface area contributed by atoms with Gasteiger partial charge >= 0.3 is 0 Å². The standard InChI is InChI=1S/C12H19NO3S/c1-9-11(6-7-16-9)17(14,15)12-5-3-2-4-10(12)8-13/h9-12H,2-7H2,1H3. The van der Waals surface area contributed by atoms with Crippen LogP contribution in [0.1, 0.15) is 39.0 Å². The molecular formula is C12H19NO3S. The van der Waals surface area contributed by atoms with E-state index < -0.39 is 20.3 Å². The smallest absolute Gasteiger partial charge is 0.159 e. The van der Waals surface area contributed by atoms with Gasteiger partial charge in [-0.2, -0.15) is 5.26 Å². The number of hydrogen-bond donors (Lipinski definition) is 0. The first kappa shape index (κ1) is 12.8. The maximum Gasteiger partial charge on any atom is 0.159 e. The van der Waals surface area contributed by atoms with E-state index in [2.05, 4.69) is 6.07 Å². The number of ether oxygens (including phenoxy) is 1. The van der Waals surface area contributed by atoms with E-state index in [1.165, 1.54) is 0 Å². The van der Waals surface area contributed by atoms with Gasteiger partial charge in [-0.3, -0.25) is 0 Å². The molecule has 1 heterocycles. The summed E-state index contributed by atoms with van der Waals surface area (Å²) >= 11 is 0. The van der Waals surface area contributed by atoms with Gasteiger partial charge in [0.25, 0.3) is 0 Å². The zero-order valence-corrected chi connectivity index (χ0v) is 10.9. The molecule has 2 fully saturated rings. The molecule has 0 radical (unpaired) electrons. The number of nitriles is 1. The van der Waals surface area contributed by atoms with Crippen LogP contribution in [0.3, 0.4) is 0 Å². The summed E-state index contributed by atoms with van der Waals surface area (Å²) in [5, 5.41) is 8.22. The first-order valence-corrected chi connectivity index (χ1v) is 7.92. The Balaban J connectivity index is 2.22. The Bertz CT molecular complexity index is 412. The molecule has 0 aromatic rings. The molecule has 1 saturated carbocycles. The molecule has 2 rings (SSSR count). The van der Waals surface area contributed by atoms with Gasteiger partial charge < -0.3 is 4.74 Å². The van der Waals surface area contributed by atoms with Crippen molar-refractivity contribution in [1.29, 1.82) is 5.26 Å². The number of hydrogen-bond acceptors (Lipinski definition) is 4. The van der Waals surface area contributed by atoms with Gasteiger partial charge in [-0.1, -0.05) is 12.8 Å². The molecule has 0 amide bonds. The van der Waals surface area contributed by atoms with E-state index in [9.17, 15) is 8.42 Å². The topological polar surface area (TPSA) is 67.2 Å². The van der Waals surface area contributed by atoms with E-state index in [0.29, 0.717) is 19.4 Å². The summed E-state index contributed by atoms with van der Waals surface area (Å²) in [5.41, 5.74) is 0. The van der Waals surface area contributed by atoms with Crippen LogP contribution < -0.4 is 0 Å². The third kappa shape index (κ3) is 2.34. The Morgan fingerprint density at radius 3 is 2.47 bits per heavy atom. The highest BCUT2D eigenvalue weighted by molar-refractivity contribution is 7.92. The Morgan fingerprint density at radius 2 is 1.88 bits per heavy atom. The second-order valence-electron chi connectivity index (χ2n) is 5.05. The highest BCUT2D eigenvalue weighted by atomic mass is 32.2. The maximum absolute atomic E-state index is 12.5. The maximum atomic E-state index is 12.5. The fourth-order valence-electron chi connectivity index (χ4n) is 3.01. The molecule has 1 aliphatic carbocycles. The molecule has 1 saturated heterocycles. The van der Waals surface area contributed by atoms with Crippen molar-refractivity contribution in [3.05, 3.63) is 0 Å². The quantitative estimate of drug-likeness (QED) is 0.754. The predicted octanol–water partition coefficient (Wildman–Crippen LogP) is 1.66. The average Bonchev–Trinajstić information content (AvgIpc) is 2.76. The van der Waals surface area contributed by atoms with Gasteiger partial charge in [-0.25, -0.2) is 8.42 Å². The summed E-state index contributed by atoms with van der Waals surface area (Å²) in [7, 11) is -3.22. The minimum Gasteiger partial charge on any atom is -0.377 e. The van der Waals surface area contributed by atoms with Gasteiger partial charge in [0.15, 0.2) is 9.84 Å². The monoisotopic (exact) mass is 257 g/mol. The van der Waals surface area contributed by atoms with Crippen LogP contribution in [0.15, 0.2) is 0 Å². The van der Waals surface area contributed by atoms with E-state index in [1.807, 2.05) is 6.92 Å². The Hall–Kier alpha value is -0.600. The molecule has 4 atom stereocenters. The van der Waals surface area contributed by atoms with Crippen molar-refractivity contribution in [1.82, 2.24) is 0 Å². The van der Waals surface area contributed by atoms with Gasteiger partial charge in [0.1, 0.15) is 0 Å². The molecule has 4 unspecified atom stereocenters. The Labute approximate surface area is 103 Å². The molecule has 5 heteroatoms. The van der Waals surface area contributed by atoms with E-state index >= 15 is 0 Å². The first-order chi connectivity index (χ1) is 8.07. The first-order valence-electron chi connectivity index (χ1n) is 6.31. The van der Waals surface area contributed by atoms with Gasteiger partial charge in [-0.05, 0) is 26.2 Å². The molecule has 17 heavy (non-hydrogen) atoms. The number of sulfone groups is 1. The van der Waals surface area contributed by atoms with Crippen LogP contribution >= 0.6 is 0 Å². The van der Waals surface area contributed by atoms with Crippen molar-refractivity contribution in [2.75, 3.05) is 6.61 Å². The summed E-state index contributed by atoms with van der Waals surface area (Å²) in [6, 6.07) is 2.18. The van der Waals surface area contributed by atoms with Gasteiger partial charge in [0.05, 0.1) is 28.6 Å². The number of rotatable bonds is 2. The lowest BCUT2D eigenvalue weighted by Crippen LogP contribution is -2.41. The van der Waals surface area contributed by atoms with Crippen LogP contribution in [-0.2, 0) is 14.6 Å². The van der Waals surface area contributed by atoms with E-state index in [1.54, 1.807) is 0 Å².